The van der Waals surface area contributed by atoms with Gasteiger partial charge in [0.25, 0.3) is 0 Å². The van der Waals surface area contributed by atoms with Crippen molar-refractivity contribution in [3.8, 4) is 0 Å². The van der Waals surface area contributed by atoms with E-state index in [-0.39, 0.29) is 11.9 Å². The molecule has 0 spiro atoms. The zero-order chi connectivity index (χ0) is 15.3. The topological polar surface area (TPSA) is 70.6 Å². The lowest BCUT2D eigenvalue weighted by molar-refractivity contribution is 0.198. The van der Waals surface area contributed by atoms with Gasteiger partial charge in [0.05, 0.1) is 0 Å². The number of rotatable bonds is 5. The lowest BCUT2D eigenvalue weighted by Crippen LogP contribution is -2.39. The van der Waals surface area contributed by atoms with Gasteiger partial charge in [0, 0.05) is 18.5 Å². The number of amidine groups is 1. The molecule has 0 aromatic heterocycles. The molecule has 0 saturated heterocycles. The van der Waals surface area contributed by atoms with Crippen molar-refractivity contribution in [1.82, 2.24) is 5.32 Å². The highest BCUT2D eigenvalue weighted by molar-refractivity contribution is 5.80. The first kappa shape index (κ1) is 15.8. The Kier molecular flexibility index (Phi) is 5.23. The highest BCUT2D eigenvalue weighted by Crippen LogP contribution is 2.36. The molecule has 1 unspecified atom stereocenters. The van der Waals surface area contributed by atoms with Crippen LogP contribution in [0.25, 0.3) is 0 Å². The van der Waals surface area contributed by atoms with Crippen molar-refractivity contribution in [2.45, 2.75) is 58.0 Å². The molecule has 0 bridgehead atoms. The average molecular weight is 289 g/mol. The molecule has 1 aromatic carbocycles. The SMILES string of the molecule is CC1(C)CCC(NC(CC(N)=NO)c2ccccc2)CC1. The average Bonchev–Trinajstić information content (AvgIpc) is 2.49. The van der Waals surface area contributed by atoms with E-state index in [0.717, 1.165) is 0 Å². The second-order valence-corrected chi connectivity index (χ2v) is 6.86. The Morgan fingerprint density at radius 2 is 1.95 bits per heavy atom. The molecule has 1 fully saturated rings. The van der Waals surface area contributed by atoms with Crippen LogP contribution in [0.3, 0.4) is 0 Å². The molecule has 4 nitrogen and oxygen atoms in total. The standard InChI is InChI=1S/C17H27N3O/c1-17(2)10-8-14(9-11-17)19-15(12-16(18)20-21)13-6-4-3-5-7-13/h3-7,14-15,19,21H,8-12H2,1-2H3,(H2,18,20). The summed E-state index contributed by atoms with van der Waals surface area (Å²) in [4.78, 5) is 0. The van der Waals surface area contributed by atoms with Crippen LogP contribution in [0.15, 0.2) is 35.5 Å². The van der Waals surface area contributed by atoms with Crippen molar-refractivity contribution < 1.29 is 5.21 Å². The Morgan fingerprint density at radius 1 is 1.33 bits per heavy atom. The highest BCUT2D eigenvalue weighted by atomic mass is 16.4. The van der Waals surface area contributed by atoms with Gasteiger partial charge in [0.15, 0.2) is 0 Å². The van der Waals surface area contributed by atoms with E-state index < -0.39 is 0 Å². The van der Waals surface area contributed by atoms with Gasteiger partial charge in [0.2, 0.25) is 0 Å². The van der Waals surface area contributed by atoms with Gasteiger partial charge < -0.3 is 16.3 Å². The van der Waals surface area contributed by atoms with Gasteiger partial charge in [-0.05, 0) is 36.7 Å². The van der Waals surface area contributed by atoms with Crippen molar-refractivity contribution >= 4 is 5.84 Å². The van der Waals surface area contributed by atoms with E-state index in [0.29, 0.717) is 17.9 Å². The van der Waals surface area contributed by atoms with Gasteiger partial charge in [-0.2, -0.15) is 0 Å². The molecule has 1 aromatic rings. The van der Waals surface area contributed by atoms with Crippen LogP contribution in [0.1, 0.15) is 57.6 Å². The van der Waals surface area contributed by atoms with E-state index in [1.54, 1.807) is 0 Å². The summed E-state index contributed by atoms with van der Waals surface area (Å²) in [6.07, 6.45) is 5.39. The molecular weight excluding hydrogens is 262 g/mol. The second kappa shape index (κ2) is 6.94. The fourth-order valence-corrected chi connectivity index (χ4v) is 3.06. The van der Waals surface area contributed by atoms with E-state index >= 15 is 0 Å². The summed E-state index contributed by atoms with van der Waals surface area (Å²) < 4.78 is 0. The Morgan fingerprint density at radius 3 is 2.52 bits per heavy atom. The van der Waals surface area contributed by atoms with Crippen molar-refractivity contribution in [1.29, 1.82) is 0 Å². The van der Waals surface area contributed by atoms with Crippen molar-refractivity contribution in [2.24, 2.45) is 16.3 Å². The van der Waals surface area contributed by atoms with Crippen LogP contribution in [0.5, 0.6) is 0 Å². The maximum Gasteiger partial charge on any atom is 0.141 e. The normalized spacial score (nSPS) is 21.1. The maximum atomic E-state index is 8.84. The number of hydrogen-bond acceptors (Lipinski definition) is 3. The van der Waals surface area contributed by atoms with Gasteiger partial charge in [-0.3, -0.25) is 0 Å². The summed E-state index contributed by atoms with van der Waals surface area (Å²) in [6.45, 7) is 4.68. The smallest absolute Gasteiger partial charge is 0.141 e. The monoisotopic (exact) mass is 289 g/mol. The third kappa shape index (κ3) is 4.74. The summed E-state index contributed by atoms with van der Waals surface area (Å²) in [6, 6.07) is 10.9. The van der Waals surface area contributed by atoms with Crippen LogP contribution in [0, 0.1) is 5.41 Å². The molecule has 0 amide bonds. The molecule has 1 atom stereocenters. The van der Waals surface area contributed by atoms with Gasteiger partial charge >= 0.3 is 0 Å². The molecule has 0 aliphatic heterocycles. The first-order chi connectivity index (χ1) is 10.00. The minimum Gasteiger partial charge on any atom is -0.409 e. The number of nitrogens with two attached hydrogens (primary N) is 1. The van der Waals surface area contributed by atoms with Gasteiger partial charge in [-0.15, -0.1) is 0 Å². The number of hydrogen-bond donors (Lipinski definition) is 3. The number of nitrogens with one attached hydrogen (secondary N) is 1. The molecule has 2 rings (SSSR count). The highest BCUT2D eigenvalue weighted by Gasteiger charge is 2.28. The molecule has 4 heteroatoms. The maximum absolute atomic E-state index is 8.84. The van der Waals surface area contributed by atoms with Crippen LogP contribution in [0.2, 0.25) is 0 Å². The van der Waals surface area contributed by atoms with Crippen molar-refractivity contribution in [3.63, 3.8) is 0 Å². The molecular formula is C17H27N3O. The molecule has 21 heavy (non-hydrogen) atoms. The van der Waals surface area contributed by atoms with Gasteiger partial charge in [-0.1, -0.05) is 49.3 Å². The van der Waals surface area contributed by atoms with Crippen LogP contribution in [-0.2, 0) is 0 Å². The molecule has 1 aliphatic rings. The fourth-order valence-electron chi connectivity index (χ4n) is 3.06. The Labute approximate surface area is 127 Å². The van der Waals surface area contributed by atoms with Gasteiger partial charge in [-0.25, -0.2) is 0 Å². The number of oxime groups is 1. The number of nitrogens with zero attached hydrogens (tertiary/aromatic N) is 1. The molecule has 0 heterocycles. The summed E-state index contributed by atoms with van der Waals surface area (Å²) in [5.41, 5.74) is 7.37. The summed E-state index contributed by atoms with van der Waals surface area (Å²) in [7, 11) is 0. The van der Waals surface area contributed by atoms with E-state index in [9.17, 15) is 0 Å². The molecule has 4 N–H and O–H groups in total. The summed E-state index contributed by atoms with van der Waals surface area (Å²) in [5.74, 6) is 0.271. The van der Waals surface area contributed by atoms with Crippen molar-refractivity contribution in [2.75, 3.05) is 0 Å². The van der Waals surface area contributed by atoms with Crippen LogP contribution < -0.4 is 11.1 Å². The first-order valence-electron chi connectivity index (χ1n) is 7.77. The van der Waals surface area contributed by atoms with Crippen molar-refractivity contribution in [3.05, 3.63) is 35.9 Å². The molecule has 116 valence electrons. The zero-order valence-corrected chi connectivity index (χ0v) is 13.0. The summed E-state index contributed by atoms with van der Waals surface area (Å²) in [5, 5.41) is 15.7. The van der Waals surface area contributed by atoms with Crippen LogP contribution in [-0.4, -0.2) is 17.1 Å². The predicted octanol–water partition coefficient (Wildman–Crippen LogP) is 3.42. The van der Waals surface area contributed by atoms with Crippen LogP contribution >= 0.6 is 0 Å². The minimum absolute atomic E-state index is 0.105. The third-order valence-corrected chi connectivity index (χ3v) is 4.52. The Balaban J connectivity index is 2.03. The Hall–Kier alpha value is -1.55. The number of benzene rings is 1. The summed E-state index contributed by atoms with van der Waals surface area (Å²) >= 11 is 0. The largest absolute Gasteiger partial charge is 0.409 e. The lowest BCUT2D eigenvalue weighted by atomic mass is 9.75. The van der Waals surface area contributed by atoms with Crippen LogP contribution in [0.4, 0.5) is 0 Å². The van der Waals surface area contributed by atoms with E-state index in [1.807, 2.05) is 18.2 Å². The van der Waals surface area contributed by atoms with Gasteiger partial charge in [0.1, 0.15) is 5.84 Å². The zero-order valence-electron chi connectivity index (χ0n) is 13.0. The Bertz CT molecular complexity index is 460. The van der Waals surface area contributed by atoms with E-state index in [1.165, 1.54) is 31.2 Å². The quantitative estimate of drug-likeness (QED) is 0.336. The molecule has 1 aliphatic carbocycles. The van der Waals surface area contributed by atoms with E-state index in [4.69, 9.17) is 10.9 Å². The van der Waals surface area contributed by atoms with E-state index in [2.05, 4.69) is 36.5 Å². The second-order valence-electron chi connectivity index (χ2n) is 6.86. The molecule has 1 saturated carbocycles. The minimum atomic E-state index is 0.105. The fraction of sp³-hybridized carbons (Fsp3) is 0.588. The first-order valence-corrected chi connectivity index (χ1v) is 7.77. The lowest BCUT2D eigenvalue weighted by Gasteiger charge is -2.36. The molecule has 0 radical (unpaired) electrons. The third-order valence-electron chi connectivity index (χ3n) is 4.52. The predicted molar refractivity (Wildman–Crippen MR) is 86.4 cm³/mol.